The molecule has 0 aliphatic heterocycles. The summed E-state index contributed by atoms with van der Waals surface area (Å²) in [7, 11) is 4.66. The van der Waals surface area contributed by atoms with Crippen LogP contribution in [-0.2, 0) is 0 Å². The summed E-state index contributed by atoms with van der Waals surface area (Å²) in [4.78, 5) is 8.70. The van der Waals surface area contributed by atoms with Gasteiger partial charge in [0.1, 0.15) is 0 Å². The quantitative estimate of drug-likeness (QED) is 0.524. The zero-order valence-electron chi connectivity index (χ0n) is 14.5. The third kappa shape index (κ3) is 3.62. The van der Waals surface area contributed by atoms with Gasteiger partial charge in [-0.3, -0.25) is 5.43 Å². The number of ether oxygens (including phenoxy) is 3. The summed E-state index contributed by atoms with van der Waals surface area (Å²) in [5, 5.41) is 4.41. The molecule has 1 aromatic heterocycles. The molecule has 0 saturated heterocycles. The molecule has 1 heterocycles. The predicted octanol–water partition coefficient (Wildman–Crippen LogP) is 3.76. The van der Waals surface area contributed by atoms with Crippen molar-refractivity contribution < 1.29 is 14.2 Å². The molecule has 26 heavy (non-hydrogen) atoms. The lowest BCUT2D eigenvalue weighted by Crippen LogP contribution is -1.99. The fourth-order valence-electron chi connectivity index (χ4n) is 2.39. The van der Waals surface area contributed by atoms with E-state index in [-0.39, 0.29) is 5.15 Å². The van der Waals surface area contributed by atoms with E-state index in [1.165, 1.54) is 0 Å². The van der Waals surface area contributed by atoms with Gasteiger partial charge in [-0.15, -0.1) is 0 Å². The lowest BCUT2D eigenvalue weighted by atomic mass is 10.2. The van der Waals surface area contributed by atoms with Gasteiger partial charge in [-0.1, -0.05) is 23.7 Å². The highest BCUT2D eigenvalue weighted by Crippen LogP contribution is 2.37. The number of para-hydroxylation sites is 2. The van der Waals surface area contributed by atoms with Crippen LogP contribution in [0.3, 0.4) is 0 Å². The molecular formula is C18H17ClN4O3. The van der Waals surface area contributed by atoms with E-state index in [0.29, 0.717) is 23.1 Å². The maximum absolute atomic E-state index is 6.15. The Balaban J connectivity index is 1.86. The second kappa shape index (κ2) is 7.88. The minimum atomic E-state index is 0.241. The average Bonchev–Trinajstić information content (AvgIpc) is 2.67. The van der Waals surface area contributed by atoms with Crippen LogP contribution in [0.15, 0.2) is 41.5 Å². The monoisotopic (exact) mass is 372 g/mol. The molecule has 0 radical (unpaired) electrons. The van der Waals surface area contributed by atoms with Crippen LogP contribution in [-0.4, -0.2) is 37.5 Å². The Morgan fingerprint density at radius 2 is 1.58 bits per heavy atom. The van der Waals surface area contributed by atoms with E-state index in [0.717, 1.165) is 16.6 Å². The molecule has 134 valence electrons. The lowest BCUT2D eigenvalue weighted by Gasteiger charge is -2.12. The minimum absolute atomic E-state index is 0.241. The molecule has 2 aromatic carbocycles. The zero-order valence-corrected chi connectivity index (χ0v) is 15.2. The SMILES string of the molecule is COc1cc(/C=N/Nc2nc3ccccc3nc2Cl)cc(OC)c1OC. The topological polar surface area (TPSA) is 77.9 Å². The first kappa shape index (κ1) is 17.8. The van der Waals surface area contributed by atoms with Crippen LogP contribution in [0.25, 0.3) is 11.0 Å². The first-order chi connectivity index (χ1) is 12.7. The number of halogens is 1. The van der Waals surface area contributed by atoms with Gasteiger partial charge in [0.2, 0.25) is 5.75 Å². The highest BCUT2D eigenvalue weighted by Gasteiger charge is 2.12. The molecule has 0 aliphatic rings. The maximum Gasteiger partial charge on any atom is 0.203 e. The Hall–Kier alpha value is -3.06. The van der Waals surface area contributed by atoms with Crippen LogP contribution in [0.5, 0.6) is 17.2 Å². The van der Waals surface area contributed by atoms with Crippen molar-refractivity contribution in [3.05, 3.63) is 47.1 Å². The zero-order chi connectivity index (χ0) is 18.5. The Kier molecular flexibility index (Phi) is 5.38. The van der Waals surface area contributed by atoms with Crippen molar-refractivity contribution in [2.75, 3.05) is 26.8 Å². The van der Waals surface area contributed by atoms with Crippen molar-refractivity contribution in [3.63, 3.8) is 0 Å². The van der Waals surface area contributed by atoms with E-state index in [4.69, 9.17) is 25.8 Å². The van der Waals surface area contributed by atoms with E-state index in [1.54, 1.807) is 39.7 Å². The number of anilines is 1. The highest BCUT2D eigenvalue weighted by atomic mass is 35.5. The molecular weight excluding hydrogens is 356 g/mol. The first-order valence-corrected chi connectivity index (χ1v) is 8.05. The summed E-state index contributed by atoms with van der Waals surface area (Å²) < 4.78 is 15.9. The van der Waals surface area contributed by atoms with Gasteiger partial charge in [-0.2, -0.15) is 5.10 Å². The lowest BCUT2D eigenvalue weighted by molar-refractivity contribution is 0.324. The van der Waals surface area contributed by atoms with Gasteiger partial charge in [0.05, 0.1) is 38.6 Å². The Labute approximate surface area is 155 Å². The van der Waals surface area contributed by atoms with Crippen LogP contribution in [0.2, 0.25) is 5.15 Å². The summed E-state index contributed by atoms with van der Waals surface area (Å²) >= 11 is 6.15. The van der Waals surface area contributed by atoms with Crippen molar-refractivity contribution in [2.24, 2.45) is 5.10 Å². The number of hydrogen-bond acceptors (Lipinski definition) is 7. The van der Waals surface area contributed by atoms with E-state index < -0.39 is 0 Å². The normalized spacial score (nSPS) is 10.9. The standard InChI is InChI=1S/C18H17ClN4O3/c1-24-14-8-11(9-15(25-2)16(14)26-3)10-20-23-18-17(19)21-12-6-4-5-7-13(12)22-18/h4-10H,1-3H3,(H,22,23)/b20-10+. The fraction of sp³-hybridized carbons (Fsp3) is 0.167. The van der Waals surface area contributed by atoms with E-state index in [1.807, 2.05) is 24.3 Å². The molecule has 8 heteroatoms. The Morgan fingerprint density at radius 1 is 0.962 bits per heavy atom. The van der Waals surface area contributed by atoms with Crippen molar-refractivity contribution in [1.29, 1.82) is 0 Å². The van der Waals surface area contributed by atoms with Gasteiger partial charge in [0.25, 0.3) is 0 Å². The number of benzene rings is 2. The number of aromatic nitrogens is 2. The number of methoxy groups -OCH3 is 3. The highest BCUT2D eigenvalue weighted by molar-refractivity contribution is 6.32. The number of hydrogen-bond donors (Lipinski definition) is 1. The second-order valence-corrected chi connectivity index (χ2v) is 5.54. The van der Waals surface area contributed by atoms with E-state index >= 15 is 0 Å². The molecule has 3 aromatic rings. The van der Waals surface area contributed by atoms with Gasteiger partial charge < -0.3 is 14.2 Å². The average molecular weight is 373 g/mol. The summed E-state index contributed by atoms with van der Waals surface area (Å²) in [6.45, 7) is 0. The molecule has 0 amide bonds. The Bertz CT molecular complexity index is 937. The maximum atomic E-state index is 6.15. The Morgan fingerprint density at radius 3 is 2.15 bits per heavy atom. The summed E-state index contributed by atoms with van der Waals surface area (Å²) in [5.74, 6) is 1.96. The summed E-state index contributed by atoms with van der Waals surface area (Å²) in [6.07, 6.45) is 1.59. The van der Waals surface area contributed by atoms with Crippen LogP contribution in [0.4, 0.5) is 5.82 Å². The smallest absolute Gasteiger partial charge is 0.203 e. The van der Waals surface area contributed by atoms with Gasteiger partial charge >= 0.3 is 0 Å². The van der Waals surface area contributed by atoms with Crippen molar-refractivity contribution in [1.82, 2.24) is 9.97 Å². The number of hydrazone groups is 1. The number of nitrogens with one attached hydrogen (secondary N) is 1. The second-order valence-electron chi connectivity index (χ2n) is 5.18. The van der Waals surface area contributed by atoms with Gasteiger partial charge in [0, 0.05) is 5.56 Å². The minimum Gasteiger partial charge on any atom is -0.493 e. The molecule has 0 saturated carbocycles. The van der Waals surface area contributed by atoms with Crippen LogP contribution in [0.1, 0.15) is 5.56 Å². The van der Waals surface area contributed by atoms with Gasteiger partial charge in [-0.25, -0.2) is 9.97 Å². The van der Waals surface area contributed by atoms with Crippen LogP contribution < -0.4 is 19.6 Å². The van der Waals surface area contributed by atoms with E-state index in [9.17, 15) is 0 Å². The third-order valence-corrected chi connectivity index (χ3v) is 3.86. The van der Waals surface area contributed by atoms with Crippen molar-refractivity contribution in [3.8, 4) is 17.2 Å². The molecule has 0 fully saturated rings. The van der Waals surface area contributed by atoms with Gasteiger partial charge in [-0.05, 0) is 24.3 Å². The van der Waals surface area contributed by atoms with Crippen molar-refractivity contribution >= 4 is 34.7 Å². The molecule has 1 N–H and O–H groups in total. The first-order valence-electron chi connectivity index (χ1n) is 7.67. The molecule has 3 rings (SSSR count). The third-order valence-electron chi connectivity index (χ3n) is 3.60. The molecule has 0 bridgehead atoms. The largest absolute Gasteiger partial charge is 0.493 e. The fourth-order valence-corrected chi connectivity index (χ4v) is 2.57. The van der Waals surface area contributed by atoms with Crippen molar-refractivity contribution in [2.45, 2.75) is 0 Å². The van der Waals surface area contributed by atoms with Gasteiger partial charge in [0.15, 0.2) is 22.5 Å². The number of nitrogens with zero attached hydrogens (tertiary/aromatic N) is 3. The summed E-state index contributed by atoms with van der Waals surface area (Å²) in [6, 6.07) is 11.0. The molecule has 0 spiro atoms. The molecule has 7 nitrogen and oxygen atoms in total. The predicted molar refractivity (Wildman–Crippen MR) is 102 cm³/mol. The molecule has 0 atom stereocenters. The summed E-state index contributed by atoms with van der Waals surface area (Å²) in [5.41, 5.74) is 5.00. The van der Waals surface area contributed by atoms with Crippen LogP contribution >= 0.6 is 11.6 Å². The van der Waals surface area contributed by atoms with E-state index in [2.05, 4.69) is 20.5 Å². The number of rotatable bonds is 6. The number of fused-ring (bicyclic) bond motifs is 1. The molecule has 0 aliphatic carbocycles. The molecule has 0 unspecified atom stereocenters. The van der Waals surface area contributed by atoms with Crippen LogP contribution in [0, 0.1) is 0 Å².